The molecule has 5 nitrogen and oxygen atoms in total. The zero-order chi connectivity index (χ0) is 41.9. The molecule has 0 bridgehead atoms. The lowest BCUT2D eigenvalue weighted by molar-refractivity contribution is 0.623. The van der Waals surface area contributed by atoms with Gasteiger partial charge in [-0.3, -0.25) is 0 Å². The average Bonchev–Trinajstić information content (AvgIpc) is 4.04. The minimum atomic E-state index is -0.473. The average molecular weight is 815 g/mol. The van der Waals surface area contributed by atoms with Gasteiger partial charge in [0.05, 0.1) is 5.41 Å². The van der Waals surface area contributed by atoms with Gasteiger partial charge in [0.15, 0.2) is 23.1 Å². The first-order valence-corrected chi connectivity index (χ1v) is 21.7. The number of oxazole rings is 1. The zero-order valence-electron chi connectivity index (χ0n) is 34.3. The van der Waals surface area contributed by atoms with Crippen LogP contribution in [-0.4, -0.2) is 19.9 Å². The SMILES string of the molecule is c1ccc(-c2nc(-c3ccc4c(ccc5ccc6ccc7nc(-c8ccccc8)oc7c6c54)c3)nc(-c3cccc4c3-c3ccccc3C43c4ccccc4-c4ccccc43)n2)cc1. The maximum absolute atomic E-state index is 6.61. The minimum absolute atomic E-state index is 0.473. The topological polar surface area (TPSA) is 64.7 Å². The van der Waals surface area contributed by atoms with Crippen molar-refractivity contribution in [3.63, 3.8) is 0 Å². The Hall–Kier alpha value is -8.54. The third kappa shape index (κ3) is 4.83. The Morgan fingerprint density at radius 2 is 0.875 bits per heavy atom. The van der Waals surface area contributed by atoms with Crippen LogP contribution < -0.4 is 0 Å². The summed E-state index contributed by atoms with van der Waals surface area (Å²) < 4.78 is 6.61. The van der Waals surface area contributed by atoms with Gasteiger partial charge in [0.25, 0.3) is 0 Å². The fourth-order valence-electron chi connectivity index (χ4n) is 10.9. The molecular formula is C59H34N4O. The van der Waals surface area contributed by atoms with Crippen molar-refractivity contribution in [1.82, 2.24) is 19.9 Å². The van der Waals surface area contributed by atoms with Gasteiger partial charge in [-0.05, 0) is 90.3 Å². The highest BCUT2D eigenvalue weighted by Gasteiger charge is 2.52. The Labute approximate surface area is 368 Å². The van der Waals surface area contributed by atoms with Crippen LogP contribution in [0, 0.1) is 0 Å². The minimum Gasteiger partial charge on any atom is -0.435 e. The molecule has 0 saturated carbocycles. The van der Waals surface area contributed by atoms with Crippen molar-refractivity contribution in [3.05, 3.63) is 229 Å². The van der Waals surface area contributed by atoms with Crippen LogP contribution in [-0.2, 0) is 5.41 Å². The van der Waals surface area contributed by atoms with Crippen molar-refractivity contribution in [2.24, 2.45) is 0 Å². The summed E-state index contributed by atoms with van der Waals surface area (Å²) in [5, 5.41) is 6.62. The third-order valence-electron chi connectivity index (χ3n) is 13.5. The number of aromatic nitrogens is 4. The lowest BCUT2D eigenvalue weighted by Crippen LogP contribution is -2.25. The van der Waals surface area contributed by atoms with Crippen molar-refractivity contribution in [1.29, 1.82) is 0 Å². The molecule has 64 heavy (non-hydrogen) atoms. The highest BCUT2D eigenvalue weighted by atomic mass is 16.3. The summed E-state index contributed by atoms with van der Waals surface area (Å²) in [6.45, 7) is 0. The second-order valence-electron chi connectivity index (χ2n) is 16.8. The molecule has 2 aromatic heterocycles. The van der Waals surface area contributed by atoms with Crippen molar-refractivity contribution in [2.75, 3.05) is 0 Å². The summed E-state index contributed by atoms with van der Waals surface area (Å²) >= 11 is 0. The quantitative estimate of drug-likeness (QED) is 0.166. The normalized spacial score (nSPS) is 13.1. The number of fused-ring (bicyclic) bond motifs is 17. The van der Waals surface area contributed by atoms with Crippen molar-refractivity contribution >= 4 is 43.4 Å². The summed E-state index contributed by atoms with van der Waals surface area (Å²) in [7, 11) is 0. The monoisotopic (exact) mass is 814 g/mol. The van der Waals surface area contributed by atoms with E-state index < -0.39 is 5.41 Å². The molecule has 5 heteroatoms. The van der Waals surface area contributed by atoms with Gasteiger partial charge in [0, 0.05) is 33.0 Å². The molecule has 0 aliphatic heterocycles. The Morgan fingerprint density at radius 3 is 1.59 bits per heavy atom. The lowest BCUT2D eigenvalue weighted by atomic mass is 9.70. The molecule has 2 heterocycles. The van der Waals surface area contributed by atoms with E-state index in [4.69, 9.17) is 24.4 Å². The van der Waals surface area contributed by atoms with Crippen LogP contribution in [0.25, 0.3) is 111 Å². The van der Waals surface area contributed by atoms with Crippen LogP contribution in [0.2, 0.25) is 0 Å². The third-order valence-corrected chi connectivity index (χ3v) is 13.5. The second kappa shape index (κ2) is 13.2. The van der Waals surface area contributed by atoms with E-state index in [-0.39, 0.29) is 0 Å². The lowest BCUT2D eigenvalue weighted by Gasteiger charge is -2.30. The molecule has 0 amide bonds. The number of nitrogens with zero attached hydrogens (tertiary/aromatic N) is 4. The summed E-state index contributed by atoms with van der Waals surface area (Å²) in [6, 6.07) is 73.2. The Morgan fingerprint density at radius 1 is 0.344 bits per heavy atom. The molecule has 12 aromatic rings. The van der Waals surface area contributed by atoms with Crippen LogP contribution in [0.4, 0.5) is 0 Å². The summed E-state index contributed by atoms with van der Waals surface area (Å²) in [6.07, 6.45) is 0. The number of rotatable bonds is 4. The predicted molar refractivity (Wildman–Crippen MR) is 258 cm³/mol. The van der Waals surface area contributed by atoms with Crippen LogP contribution in [0.3, 0.4) is 0 Å². The zero-order valence-corrected chi connectivity index (χ0v) is 34.3. The molecule has 10 aromatic carbocycles. The van der Waals surface area contributed by atoms with Crippen LogP contribution in [0.1, 0.15) is 22.3 Å². The molecule has 0 N–H and O–H groups in total. The van der Waals surface area contributed by atoms with Gasteiger partial charge in [0.2, 0.25) is 5.89 Å². The molecule has 0 atom stereocenters. The van der Waals surface area contributed by atoms with Crippen molar-refractivity contribution < 1.29 is 4.42 Å². The van der Waals surface area contributed by atoms with Gasteiger partial charge < -0.3 is 4.42 Å². The van der Waals surface area contributed by atoms with Crippen LogP contribution >= 0.6 is 0 Å². The first-order chi connectivity index (χ1) is 31.7. The van der Waals surface area contributed by atoms with E-state index >= 15 is 0 Å². The van der Waals surface area contributed by atoms with E-state index in [1.807, 2.05) is 48.5 Å². The maximum Gasteiger partial charge on any atom is 0.227 e. The van der Waals surface area contributed by atoms with Gasteiger partial charge in [0.1, 0.15) is 5.52 Å². The van der Waals surface area contributed by atoms with E-state index in [1.54, 1.807) is 0 Å². The van der Waals surface area contributed by atoms with E-state index in [9.17, 15) is 0 Å². The largest absolute Gasteiger partial charge is 0.435 e. The first kappa shape index (κ1) is 35.1. The molecule has 2 aliphatic carbocycles. The maximum atomic E-state index is 6.61. The molecule has 0 saturated heterocycles. The van der Waals surface area contributed by atoms with Crippen LogP contribution in [0.15, 0.2) is 211 Å². The van der Waals surface area contributed by atoms with Crippen molar-refractivity contribution in [3.8, 4) is 67.9 Å². The van der Waals surface area contributed by atoms with E-state index in [0.29, 0.717) is 23.4 Å². The molecule has 296 valence electrons. The summed E-state index contributed by atoms with van der Waals surface area (Å²) in [5.74, 6) is 2.49. The number of hydrogen-bond donors (Lipinski definition) is 0. The first-order valence-electron chi connectivity index (χ1n) is 21.7. The molecular weight excluding hydrogens is 781 g/mol. The van der Waals surface area contributed by atoms with Crippen LogP contribution in [0.5, 0.6) is 0 Å². The molecule has 2 aliphatic rings. The summed E-state index contributed by atoms with van der Waals surface area (Å²) in [5.41, 5.74) is 15.0. The Kier molecular flexibility index (Phi) is 7.26. The molecule has 0 radical (unpaired) electrons. The fraction of sp³-hybridized carbons (Fsp3) is 0.0169. The second-order valence-corrected chi connectivity index (χ2v) is 16.8. The molecule has 0 fully saturated rings. The van der Waals surface area contributed by atoms with Gasteiger partial charge in [-0.1, -0.05) is 182 Å². The van der Waals surface area contributed by atoms with E-state index in [0.717, 1.165) is 71.2 Å². The van der Waals surface area contributed by atoms with Crippen molar-refractivity contribution in [2.45, 2.75) is 5.41 Å². The van der Waals surface area contributed by atoms with Gasteiger partial charge in [-0.2, -0.15) is 0 Å². The highest BCUT2D eigenvalue weighted by molar-refractivity contribution is 6.26. The van der Waals surface area contributed by atoms with Gasteiger partial charge in [-0.25, -0.2) is 19.9 Å². The number of benzene rings is 10. The van der Waals surface area contributed by atoms with E-state index in [1.165, 1.54) is 38.9 Å². The highest BCUT2D eigenvalue weighted by Crippen LogP contribution is 2.63. The Balaban J connectivity index is 0.984. The Bertz CT molecular complexity index is 3860. The fourth-order valence-corrected chi connectivity index (χ4v) is 10.9. The molecule has 1 spiro atoms. The molecule has 0 unspecified atom stereocenters. The predicted octanol–water partition coefficient (Wildman–Crippen LogP) is 14.5. The van der Waals surface area contributed by atoms with Gasteiger partial charge >= 0.3 is 0 Å². The molecule has 14 rings (SSSR count). The van der Waals surface area contributed by atoms with Gasteiger partial charge in [-0.15, -0.1) is 0 Å². The smallest absolute Gasteiger partial charge is 0.227 e. The number of hydrogen-bond acceptors (Lipinski definition) is 5. The van der Waals surface area contributed by atoms with E-state index in [2.05, 4.69) is 158 Å². The summed E-state index contributed by atoms with van der Waals surface area (Å²) in [4.78, 5) is 20.8. The standard InChI is InChI=1S/C59H34N4O/c1-3-14-37(15-4-1)55-61-56(40-30-32-41-39(34-40)29-28-35-26-27-36-31-33-50-54(52(36)51(35)41)64-58(60-50)38-16-5-2-6-17-38)63-57(62-55)45-21-13-25-49-53(45)44-20-9-12-24-48(44)59(49)46-22-10-7-18-42(46)43-19-8-11-23-47(43)59/h1-34H.